The number of guanidine groups is 1. The van der Waals surface area contributed by atoms with E-state index in [9.17, 15) is 0 Å². The summed E-state index contributed by atoms with van der Waals surface area (Å²) < 4.78 is 0. The number of benzene rings is 1. The van der Waals surface area contributed by atoms with Crippen molar-refractivity contribution in [2.45, 2.75) is 20.3 Å². The molecule has 0 saturated heterocycles. The lowest BCUT2D eigenvalue weighted by Crippen LogP contribution is -2.22. The molecule has 17 heavy (non-hydrogen) atoms. The van der Waals surface area contributed by atoms with Gasteiger partial charge in [0.25, 0.3) is 0 Å². The van der Waals surface area contributed by atoms with Crippen molar-refractivity contribution in [2.24, 2.45) is 10.7 Å². The molecule has 0 fully saturated rings. The minimum atomic E-state index is 0. The monoisotopic (exact) mass is 345 g/mol. The zero-order chi connectivity index (χ0) is 11.8. The van der Waals surface area contributed by atoms with Crippen LogP contribution >= 0.6 is 24.0 Å². The molecule has 94 valence electrons. The van der Waals surface area contributed by atoms with Gasteiger partial charge in [-0.05, 0) is 32.4 Å². The van der Waals surface area contributed by atoms with Crippen LogP contribution in [0.3, 0.4) is 0 Å². The third-order valence-corrected chi connectivity index (χ3v) is 2.14. The van der Waals surface area contributed by atoms with Crippen LogP contribution in [0.1, 0.15) is 18.9 Å². The van der Waals surface area contributed by atoms with Crippen LogP contribution in [0.2, 0.25) is 0 Å². The molecule has 4 heteroatoms. The van der Waals surface area contributed by atoms with E-state index in [1.807, 2.05) is 37.3 Å². The Balaban J connectivity index is 0.00000256. The lowest BCUT2D eigenvalue weighted by atomic mass is 10.2. The van der Waals surface area contributed by atoms with Crippen LogP contribution in [0.15, 0.2) is 41.4 Å². The van der Waals surface area contributed by atoms with Crippen LogP contribution in [0.4, 0.5) is 5.69 Å². The lowest BCUT2D eigenvalue weighted by molar-refractivity contribution is 1.000. The first-order valence-corrected chi connectivity index (χ1v) is 5.47. The highest BCUT2D eigenvalue weighted by Crippen LogP contribution is 2.07. The summed E-state index contributed by atoms with van der Waals surface area (Å²) in [7, 11) is 0. The molecule has 0 unspecified atom stereocenters. The molecule has 3 N–H and O–H groups in total. The van der Waals surface area contributed by atoms with Crippen molar-refractivity contribution >= 4 is 35.6 Å². The highest BCUT2D eigenvalue weighted by Gasteiger charge is 1.93. The van der Waals surface area contributed by atoms with E-state index < -0.39 is 0 Å². The van der Waals surface area contributed by atoms with E-state index in [2.05, 4.69) is 23.3 Å². The predicted molar refractivity (Wildman–Crippen MR) is 86.1 cm³/mol. The molecule has 0 aliphatic rings. The molecular weight excluding hydrogens is 325 g/mol. The van der Waals surface area contributed by atoms with E-state index in [0.717, 1.165) is 18.7 Å². The molecule has 1 aromatic rings. The summed E-state index contributed by atoms with van der Waals surface area (Å²) in [5.41, 5.74) is 7.94. The number of aryl methyl sites for hydroxylation is 1. The van der Waals surface area contributed by atoms with E-state index in [1.54, 1.807) is 0 Å². The molecule has 0 spiro atoms. The van der Waals surface area contributed by atoms with Crippen LogP contribution in [0.25, 0.3) is 0 Å². The Labute approximate surface area is 120 Å². The first-order chi connectivity index (χ1) is 7.72. The maximum Gasteiger partial charge on any atom is 0.193 e. The molecule has 0 bridgehead atoms. The fourth-order valence-electron chi connectivity index (χ4n) is 1.25. The number of hydrogen-bond donors (Lipinski definition) is 2. The largest absolute Gasteiger partial charge is 0.370 e. The predicted octanol–water partition coefficient (Wildman–Crippen LogP) is 3.31. The molecule has 0 atom stereocenters. The first kappa shape index (κ1) is 16.0. The number of allylic oxidation sites excluding steroid dienone is 1. The number of nitrogens with one attached hydrogen (secondary N) is 1. The topological polar surface area (TPSA) is 50.4 Å². The number of halogens is 1. The fraction of sp³-hybridized carbons (Fsp3) is 0.308. The van der Waals surface area contributed by atoms with Gasteiger partial charge in [-0.2, -0.15) is 0 Å². The molecule has 0 saturated carbocycles. The fourth-order valence-corrected chi connectivity index (χ4v) is 1.25. The number of nitrogens with zero attached hydrogens (tertiary/aromatic N) is 1. The Kier molecular flexibility index (Phi) is 8.49. The standard InChI is InChI=1S/C13H19N3.HI/c1-3-4-5-10-15-13(14)16-12-8-6-11(2)7-9-12;/h3-4,6-9H,5,10H2,1-2H3,(H3,14,15,16);1H. The van der Waals surface area contributed by atoms with Gasteiger partial charge in [-0.1, -0.05) is 29.8 Å². The summed E-state index contributed by atoms with van der Waals surface area (Å²) in [6.45, 7) is 4.77. The molecule has 0 aliphatic carbocycles. The van der Waals surface area contributed by atoms with Crippen molar-refractivity contribution < 1.29 is 0 Å². The van der Waals surface area contributed by atoms with Crippen molar-refractivity contribution in [1.82, 2.24) is 0 Å². The summed E-state index contributed by atoms with van der Waals surface area (Å²) >= 11 is 0. The van der Waals surface area contributed by atoms with Crippen molar-refractivity contribution in [1.29, 1.82) is 0 Å². The number of anilines is 1. The minimum absolute atomic E-state index is 0. The molecule has 0 radical (unpaired) electrons. The van der Waals surface area contributed by atoms with Gasteiger partial charge in [-0.3, -0.25) is 4.99 Å². The van der Waals surface area contributed by atoms with Crippen LogP contribution < -0.4 is 11.1 Å². The number of aliphatic imine (C=N–C) groups is 1. The zero-order valence-electron chi connectivity index (χ0n) is 10.3. The van der Waals surface area contributed by atoms with Gasteiger partial charge in [-0.25, -0.2) is 0 Å². The second-order valence-corrected chi connectivity index (χ2v) is 3.62. The summed E-state index contributed by atoms with van der Waals surface area (Å²) in [6, 6.07) is 8.05. The van der Waals surface area contributed by atoms with Crippen LogP contribution in [0.5, 0.6) is 0 Å². The second kappa shape index (κ2) is 9.04. The van der Waals surface area contributed by atoms with Gasteiger partial charge < -0.3 is 11.1 Å². The summed E-state index contributed by atoms with van der Waals surface area (Å²) in [5, 5.41) is 3.05. The second-order valence-electron chi connectivity index (χ2n) is 3.62. The molecule has 0 aromatic heterocycles. The molecule has 3 nitrogen and oxygen atoms in total. The van der Waals surface area contributed by atoms with Gasteiger partial charge in [0.1, 0.15) is 0 Å². The maximum atomic E-state index is 5.74. The summed E-state index contributed by atoms with van der Waals surface area (Å²) in [5.74, 6) is 0.466. The van der Waals surface area contributed by atoms with Crippen LogP contribution in [-0.2, 0) is 0 Å². The minimum Gasteiger partial charge on any atom is -0.370 e. The van der Waals surface area contributed by atoms with Crippen LogP contribution in [-0.4, -0.2) is 12.5 Å². The molecule has 0 heterocycles. The third kappa shape index (κ3) is 6.99. The molecule has 0 amide bonds. The zero-order valence-corrected chi connectivity index (χ0v) is 12.6. The lowest BCUT2D eigenvalue weighted by Gasteiger charge is -2.05. The van der Waals surface area contributed by atoms with Crippen molar-refractivity contribution in [3.8, 4) is 0 Å². The van der Waals surface area contributed by atoms with Crippen molar-refractivity contribution in [3.63, 3.8) is 0 Å². The summed E-state index contributed by atoms with van der Waals surface area (Å²) in [4.78, 5) is 4.21. The Bertz CT molecular complexity index is 369. The quantitative estimate of drug-likeness (QED) is 0.289. The maximum absolute atomic E-state index is 5.74. The average Bonchev–Trinajstić information content (AvgIpc) is 2.28. The molecular formula is C13H20IN3. The Morgan fingerprint density at radius 3 is 2.59 bits per heavy atom. The van der Waals surface area contributed by atoms with Gasteiger partial charge in [0, 0.05) is 12.2 Å². The summed E-state index contributed by atoms with van der Waals surface area (Å²) in [6.07, 6.45) is 5.01. The third-order valence-electron chi connectivity index (χ3n) is 2.14. The molecule has 1 aromatic carbocycles. The highest BCUT2D eigenvalue weighted by atomic mass is 127. The SMILES string of the molecule is CC=CCCN=C(N)Nc1ccc(C)cc1.I. The molecule has 1 rings (SSSR count). The number of hydrogen-bond acceptors (Lipinski definition) is 1. The van der Waals surface area contributed by atoms with E-state index in [4.69, 9.17) is 5.73 Å². The van der Waals surface area contributed by atoms with Gasteiger partial charge in [-0.15, -0.1) is 24.0 Å². The van der Waals surface area contributed by atoms with Gasteiger partial charge in [0.05, 0.1) is 0 Å². The Morgan fingerprint density at radius 2 is 2.00 bits per heavy atom. The normalized spacial score (nSPS) is 11.3. The number of nitrogens with two attached hydrogens (primary N) is 1. The van der Waals surface area contributed by atoms with E-state index in [0.29, 0.717) is 5.96 Å². The molecule has 0 aliphatic heterocycles. The van der Waals surface area contributed by atoms with Gasteiger partial charge in [0.15, 0.2) is 5.96 Å². The van der Waals surface area contributed by atoms with Gasteiger partial charge >= 0.3 is 0 Å². The Hall–Kier alpha value is -1.04. The average molecular weight is 345 g/mol. The highest BCUT2D eigenvalue weighted by molar-refractivity contribution is 14.0. The number of rotatable bonds is 4. The smallest absolute Gasteiger partial charge is 0.193 e. The first-order valence-electron chi connectivity index (χ1n) is 5.47. The van der Waals surface area contributed by atoms with Gasteiger partial charge in [0.2, 0.25) is 0 Å². The van der Waals surface area contributed by atoms with E-state index >= 15 is 0 Å². The van der Waals surface area contributed by atoms with E-state index in [1.165, 1.54) is 5.56 Å². The van der Waals surface area contributed by atoms with Crippen LogP contribution in [0, 0.1) is 6.92 Å². The van der Waals surface area contributed by atoms with Crippen molar-refractivity contribution in [3.05, 3.63) is 42.0 Å². The van der Waals surface area contributed by atoms with Crippen molar-refractivity contribution in [2.75, 3.05) is 11.9 Å². The Morgan fingerprint density at radius 1 is 1.35 bits per heavy atom. The van der Waals surface area contributed by atoms with E-state index in [-0.39, 0.29) is 24.0 Å².